The molecule has 0 spiro atoms. The number of aliphatic hydroxyl groups is 2. The van der Waals surface area contributed by atoms with Crippen LogP contribution in [0.15, 0.2) is 35.5 Å². The minimum Gasteiger partial charge on any atom is -0.481 e. The monoisotopic (exact) mass is 528 g/mol. The third-order valence-corrected chi connectivity index (χ3v) is 11.6. The summed E-state index contributed by atoms with van der Waals surface area (Å²) in [5.74, 6) is -1.98. The fourth-order valence-electron chi connectivity index (χ4n) is 9.26. The molecule has 0 saturated heterocycles. The van der Waals surface area contributed by atoms with Gasteiger partial charge >= 0.3 is 11.9 Å². The van der Waals surface area contributed by atoms with Crippen molar-refractivity contribution in [3.63, 3.8) is 0 Å². The molecule has 0 aromatic carbocycles. The SMILES string of the molecule is C=C(C)[C@@H](O)CC[C@@H](C(=O)O)[C@H]1[C@H](O)C[C@@]2(C)C3=CC[C@H]4C(C)(C)[C@@H](OC(C)=O)CC[C@]4(C)C3=CC[C@]12C. The molecule has 4 aliphatic carbocycles. The van der Waals surface area contributed by atoms with Gasteiger partial charge in [-0.25, -0.2) is 0 Å². The smallest absolute Gasteiger partial charge is 0.306 e. The Morgan fingerprint density at radius 1 is 1.11 bits per heavy atom. The number of allylic oxidation sites excluding steroid dienone is 4. The first kappa shape index (κ1) is 29.1. The minimum absolute atomic E-state index is 0.0740. The summed E-state index contributed by atoms with van der Waals surface area (Å²) in [5.41, 5.74) is 2.22. The summed E-state index contributed by atoms with van der Waals surface area (Å²) in [6.45, 7) is 18.3. The first-order valence-electron chi connectivity index (χ1n) is 14.3. The summed E-state index contributed by atoms with van der Waals surface area (Å²) < 4.78 is 5.78. The van der Waals surface area contributed by atoms with E-state index in [1.54, 1.807) is 6.92 Å². The maximum absolute atomic E-state index is 12.6. The van der Waals surface area contributed by atoms with E-state index in [1.807, 2.05) is 0 Å². The number of aliphatic hydroxyl groups excluding tert-OH is 2. The van der Waals surface area contributed by atoms with Gasteiger partial charge < -0.3 is 20.1 Å². The van der Waals surface area contributed by atoms with E-state index >= 15 is 0 Å². The fourth-order valence-corrected chi connectivity index (χ4v) is 9.26. The van der Waals surface area contributed by atoms with Crippen LogP contribution in [0.2, 0.25) is 0 Å². The molecule has 0 radical (unpaired) electrons. The highest BCUT2D eigenvalue weighted by atomic mass is 16.5. The molecule has 0 aromatic rings. The number of rotatable bonds is 7. The van der Waals surface area contributed by atoms with Crippen molar-refractivity contribution in [3.05, 3.63) is 35.5 Å². The van der Waals surface area contributed by atoms with Crippen LogP contribution >= 0.6 is 0 Å². The molecule has 0 amide bonds. The maximum Gasteiger partial charge on any atom is 0.306 e. The molecule has 4 rings (SSSR count). The Kier molecular flexibility index (Phi) is 7.36. The lowest BCUT2D eigenvalue weighted by molar-refractivity contribution is -0.165. The number of hydrogen-bond acceptors (Lipinski definition) is 5. The maximum atomic E-state index is 12.6. The molecule has 3 N–H and O–H groups in total. The van der Waals surface area contributed by atoms with E-state index in [0.29, 0.717) is 37.2 Å². The van der Waals surface area contributed by atoms with Gasteiger partial charge in [0.15, 0.2) is 0 Å². The second-order valence-corrected chi connectivity index (χ2v) is 14.0. The second-order valence-electron chi connectivity index (χ2n) is 14.0. The molecule has 2 fully saturated rings. The predicted octanol–water partition coefficient (Wildman–Crippen LogP) is 5.83. The van der Waals surface area contributed by atoms with Gasteiger partial charge in [-0.15, -0.1) is 0 Å². The third kappa shape index (κ3) is 4.21. The lowest BCUT2D eigenvalue weighted by Crippen LogP contribution is -2.55. The fraction of sp³-hybridized carbons (Fsp3) is 0.750. The van der Waals surface area contributed by atoms with Crippen molar-refractivity contribution in [1.29, 1.82) is 0 Å². The van der Waals surface area contributed by atoms with Crippen molar-refractivity contribution in [2.24, 2.45) is 39.4 Å². The van der Waals surface area contributed by atoms with Crippen molar-refractivity contribution >= 4 is 11.9 Å². The van der Waals surface area contributed by atoms with E-state index in [0.717, 1.165) is 19.3 Å². The molecule has 212 valence electrons. The van der Waals surface area contributed by atoms with Gasteiger partial charge in [-0.3, -0.25) is 9.59 Å². The molecule has 0 aromatic heterocycles. The average Bonchev–Trinajstić information content (AvgIpc) is 3.01. The zero-order valence-electron chi connectivity index (χ0n) is 24.3. The second kappa shape index (κ2) is 9.62. The highest BCUT2D eigenvalue weighted by molar-refractivity contribution is 5.71. The van der Waals surface area contributed by atoms with Gasteiger partial charge in [-0.1, -0.05) is 58.9 Å². The number of carbonyl (C=O) groups excluding carboxylic acids is 1. The van der Waals surface area contributed by atoms with Crippen LogP contribution in [0.3, 0.4) is 0 Å². The Hall–Kier alpha value is -1.92. The first-order valence-corrected chi connectivity index (χ1v) is 14.3. The van der Waals surface area contributed by atoms with Gasteiger partial charge in [-0.2, -0.15) is 0 Å². The van der Waals surface area contributed by atoms with Gasteiger partial charge in [0.25, 0.3) is 0 Å². The molecule has 6 nitrogen and oxygen atoms in total. The van der Waals surface area contributed by atoms with Gasteiger partial charge in [0.1, 0.15) is 6.10 Å². The molecule has 0 heterocycles. The molecule has 38 heavy (non-hydrogen) atoms. The summed E-state index contributed by atoms with van der Waals surface area (Å²) in [7, 11) is 0. The van der Waals surface area contributed by atoms with Crippen molar-refractivity contribution in [2.75, 3.05) is 0 Å². The Morgan fingerprint density at radius 2 is 1.76 bits per heavy atom. The molecule has 0 aliphatic heterocycles. The van der Waals surface area contributed by atoms with Gasteiger partial charge in [0.05, 0.1) is 18.1 Å². The van der Waals surface area contributed by atoms with E-state index in [4.69, 9.17) is 4.74 Å². The van der Waals surface area contributed by atoms with Crippen molar-refractivity contribution in [2.45, 2.75) is 112 Å². The third-order valence-electron chi connectivity index (χ3n) is 11.6. The standard InChI is InChI=1S/C32H48O6/c1-18(2)23(34)11-9-20(28(36)37)27-24(35)17-32(8)22-10-12-25-29(4,5)26(38-19(3)33)14-15-30(25,6)21(22)13-16-31(27,32)7/h10,13,20,23-27,34-35H,1,9,11-12,14-17H2,2-8H3,(H,36,37)/t20-,23+,24-,25+,26+,27+,30-,31-,32+/m1/s1. The number of carbonyl (C=O) groups is 2. The molecular weight excluding hydrogens is 480 g/mol. The molecule has 2 saturated carbocycles. The molecule has 6 heteroatoms. The molecule has 4 aliphatic rings. The Morgan fingerprint density at radius 3 is 2.34 bits per heavy atom. The van der Waals surface area contributed by atoms with Crippen molar-refractivity contribution in [3.8, 4) is 0 Å². The zero-order chi connectivity index (χ0) is 28.4. The van der Waals surface area contributed by atoms with E-state index in [1.165, 1.54) is 18.1 Å². The number of fused-ring (bicyclic) bond motifs is 5. The Bertz CT molecular complexity index is 1070. The highest BCUT2D eigenvalue weighted by Crippen LogP contribution is 2.72. The first-order chi connectivity index (χ1) is 17.5. The van der Waals surface area contributed by atoms with Gasteiger partial charge in [0, 0.05) is 23.7 Å². The topological polar surface area (TPSA) is 104 Å². The number of hydrogen-bond donors (Lipinski definition) is 3. The van der Waals surface area contributed by atoms with Crippen LogP contribution < -0.4 is 0 Å². The molecule has 9 atom stereocenters. The summed E-state index contributed by atoms with van der Waals surface area (Å²) in [6, 6.07) is 0. The lowest BCUT2D eigenvalue weighted by Gasteiger charge is -2.61. The number of aliphatic carboxylic acids is 1. The average molecular weight is 529 g/mol. The summed E-state index contributed by atoms with van der Waals surface area (Å²) in [5, 5.41) is 32.1. The largest absolute Gasteiger partial charge is 0.481 e. The molecular formula is C32H48O6. The highest BCUT2D eigenvalue weighted by Gasteiger charge is 2.66. The molecule has 0 bridgehead atoms. The van der Waals surface area contributed by atoms with Crippen LogP contribution in [-0.4, -0.2) is 45.6 Å². The van der Waals surface area contributed by atoms with Gasteiger partial charge in [-0.05, 0) is 79.8 Å². The molecule has 0 unspecified atom stereocenters. The minimum atomic E-state index is -0.904. The number of ether oxygens (including phenoxy) is 1. The lowest BCUT2D eigenvalue weighted by atomic mass is 9.44. The zero-order valence-corrected chi connectivity index (χ0v) is 24.3. The van der Waals surface area contributed by atoms with Gasteiger partial charge in [0.2, 0.25) is 0 Å². The Balaban J connectivity index is 1.70. The predicted molar refractivity (Wildman–Crippen MR) is 147 cm³/mol. The van der Waals surface area contributed by atoms with Crippen molar-refractivity contribution in [1.82, 2.24) is 0 Å². The number of carboxylic acid groups (broad SMARTS) is 1. The van der Waals surface area contributed by atoms with Crippen molar-refractivity contribution < 1.29 is 29.6 Å². The quantitative estimate of drug-likeness (QED) is 0.284. The van der Waals surface area contributed by atoms with Crippen LogP contribution in [0.25, 0.3) is 0 Å². The van der Waals surface area contributed by atoms with E-state index in [-0.39, 0.29) is 28.3 Å². The van der Waals surface area contributed by atoms with E-state index in [9.17, 15) is 24.9 Å². The summed E-state index contributed by atoms with van der Waals surface area (Å²) in [4.78, 5) is 24.4. The van der Waals surface area contributed by atoms with Crippen LogP contribution in [0.5, 0.6) is 0 Å². The van der Waals surface area contributed by atoms with Crippen LogP contribution in [0, 0.1) is 39.4 Å². The van der Waals surface area contributed by atoms with Crippen LogP contribution in [0.1, 0.15) is 93.4 Å². The van der Waals surface area contributed by atoms with E-state index < -0.39 is 35.4 Å². The number of carboxylic acids is 1. The van der Waals surface area contributed by atoms with E-state index in [2.05, 4.69) is 53.3 Å². The van der Waals surface area contributed by atoms with Crippen LogP contribution in [-0.2, 0) is 14.3 Å². The Labute approximate surface area is 228 Å². The summed E-state index contributed by atoms with van der Waals surface area (Å²) >= 11 is 0. The number of esters is 1. The summed E-state index contributed by atoms with van der Waals surface area (Å²) in [6.07, 6.45) is 7.59. The van der Waals surface area contributed by atoms with Crippen LogP contribution in [0.4, 0.5) is 0 Å². The normalized spacial score (nSPS) is 41.0.